The molecule has 0 aliphatic rings. The number of alkyl halides is 1. The number of hydrogen-bond donors (Lipinski definition) is 1. The molecule has 1 heterocycles. The highest BCUT2D eigenvalue weighted by molar-refractivity contribution is 5.86. The van der Waals surface area contributed by atoms with Gasteiger partial charge in [0.15, 0.2) is 0 Å². The van der Waals surface area contributed by atoms with Crippen molar-refractivity contribution in [1.29, 1.82) is 0 Å². The molecule has 4 heteroatoms. The second-order valence-corrected chi connectivity index (χ2v) is 5.08. The van der Waals surface area contributed by atoms with E-state index >= 15 is 0 Å². The first-order valence-corrected chi connectivity index (χ1v) is 7.30. The van der Waals surface area contributed by atoms with Crippen LogP contribution in [-0.2, 0) is 12.8 Å². The van der Waals surface area contributed by atoms with Gasteiger partial charge in [-0.25, -0.2) is 4.39 Å². The van der Waals surface area contributed by atoms with E-state index in [2.05, 4.69) is 18.5 Å². The van der Waals surface area contributed by atoms with Crippen LogP contribution >= 0.6 is 0 Å². The number of nitrogens with zero attached hydrogens (tertiary/aromatic N) is 1. The lowest BCUT2D eigenvalue weighted by atomic mass is 10.1. The zero-order valence-electron chi connectivity index (χ0n) is 12.8. The predicted molar refractivity (Wildman–Crippen MR) is 85.7 cm³/mol. The van der Waals surface area contributed by atoms with Gasteiger partial charge in [-0.15, -0.1) is 6.58 Å². The summed E-state index contributed by atoms with van der Waals surface area (Å²) in [5.74, 6) is 0.846. The van der Waals surface area contributed by atoms with Gasteiger partial charge < -0.3 is 9.72 Å². The number of benzene rings is 1. The van der Waals surface area contributed by atoms with Gasteiger partial charge in [0.25, 0.3) is 0 Å². The second-order valence-electron chi connectivity index (χ2n) is 5.08. The average Bonchev–Trinajstić information content (AvgIpc) is 2.88. The molecule has 0 bridgehead atoms. The van der Waals surface area contributed by atoms with Crippen LogP contribution in [0, 0.1) is 0 Å². The van der Waals surface area contributed by atoms with Crippen molar-refractivity contribution in [2.24, 2.45) is 0 Å². The van der Waals surface area contributed by atoms with Gasteiger partial charge in [0.2, 0.25) is 0 Å². The SMILES string of the molecule is C=CCN(CF)CCc1c(CC)[nH]c2ccc(OC)cc12. The molecule has 0 unspecified atom stereocenters. The largest absolute Gasteiger partial charge is 0.497 e. The van der Waals surface area contributed by atoms with Crippen molar-refractivity contribution < 1.29 is 9.13 Å². The van der Waals surface area contributed by atoms with E-state index in [1.807, 2.05) is 18.2 Å². The standard InChI is InChI=1S/C17H23FN2O/c1-4-9-20(12-18)10-8-14-15-11-13(21-3)6-7-17(15)19-16(14)5-2/h4,6-7,11,19H,1,5,8-10,12H2,2-3H3. The molecule has 3 nitrogen and oxygen atoms in total. The van der Waals surface area contributed by atoms with Crippen molar-refractivity contribution in [2.45, 2.75) is 19.8 Å². The number of hydrogen-bond acceptors (Lipinski definition) is 2. The number of rotatable bonds is 8. The summed E-state index contributed by atoms with van der Waals surface area (Å²) in [5, 5.41) is 1.17. The molecule has 2 rings (SSSR count). The molecule has 0 aliphatic carbocycles. The molecule has 1 N–H and O–H groups in total. The lowest BCUT2D eigenvalue weighted by molar-refractivity contribution is 0.206. The van der Waals surface area contributed by atoms with Crippen molar-refractivity contribution in [2.75, 3.05) is 27.0 Å². The van der Waals surface area contributed by atoms with Crippen molar-refractivity contribution in [3.05, 3.63) is 42.1 Å². The van der Waals surface area contributed by atoms with Gasteiger partial charge in [-0.2, -0.15) is 0 Å². The van der Waals surface area contributed by atoms with E-state index in [1.54, 1.807) is 18.1 Å². The number of aromatic nitrogens is 1. The van der Waals surface area contributed by atoms with E-state index in [1.165, 1.54) is 16.6 Å². The van der Waals surface area contributed by atoms with Gasteiger partial charge in [-0.3, -0.25) is 4.90 Å². The van der Waals surface area contributed by atoms with Gasteiger partial charge in [0, 0.05) is 29.7 Å². The fourth-order valence-corrected chi connectivity index (χ4v) is 2.65. The lowest BCUT2D eigenvalue weighted by Gasteiger charge is -2.16. The minimum absolute atomic E-state index is 0.445. The number of fused-ring (bicyclic) bond motifs is 1. The summed E-state index contributed by atoms with van der Waals surface area (Å²) in [4.78, 5) is 5.19. The molecule has 1 aromatic heterocycles. The monoisotopic (exact) mass is 290 g/mol. The molecule has 1 aromatic carbocycles. The molecule has 0 atom stereocenters. The third-order valence-electron chi connectivity index (χ3n) is 3.79. The van der Waals surface area contributed by atoms with Crippen LogP contribution in [0.4, 0.5) is 4.39 Å². The third kappa shape index (κ3) is 3.45. The van der Waals surface area contributed by atoms with Gasteiger partial charge in [-0.05, 0) is 36.6 Å². The Labute approximate surface area is 125 Å². The minimum atomic E-state index is -0.445. The minimum Gasteiger partial charge on any atom is -0.497 e. The molecule has 0 saturated carbocycles. The van der Waals surface area contributed by atoms with Crippen molar-refractivity contribution in [3.63, 3.8) is 0 Å². The predicted octanol–water partition coefficient (Wildman–Crippen LogP) is 3.70. The number of nitrogens with one attached hydrogen (secondary N) is 1. The highest BCUT2D eigenvalue weighted by atomic mass is 19.1. The molecular weight excluding hydrogens is 267 g/mol. The van der Waals surface area contributed by atoms with Crippen LogP contribution in [0.3, 0.4) is 0 Å². The van der Waals surface area contributed by atoms with Crippen LogP contribution in [0.1, 0.15) is 18.2 Å². The van der Waals surface area contributed by atoms with Crippen LogP contribution in [0.2, 0.25) is 0 Å². The van der Waals surface area contributed by atoms with Gasteiger partial charge in [0.1, 0.15) is 12.5 Å². The molecule has 114 valence electrons. The molecule has 2 aromatic rings. The van der Waals surface area contributed by atoms with Crippen LogP contribution in [-0.4, -0.2) is 36.9 Å². The number of aryl methyl sites for hydroxylation is 1. The summed E-state index contributed by atoms with van der Waals surface area (Å²) in [7, 11) is 1.67. The van der Waals surface area contributed by atoms with E-state index in [4.69, 9.17) is 4.74 Å². The third-order valence-corrected chi connectivity index (χ3v) is 3.79. The summed E-state index contributed by atoms with van der Waals surface area (Å²) in [5.41, 5.74) is 3.59. The molecule has 0 fully saturated rings. The highest BCUT2D eigenvalue weighted by Crippen LogP contribution is 2.27. The summed E-state index contributed by atoms with van der Waals surface area (Å²) in [6.07, 6.45) is 3.48. The summed E-state index contributed by atoms with van der Waals surface area (Å²) in [6.45, 7) is 6.60. The molecule has 21 heavy (non-hydrogen) atoms. The summed E-state index contributed by atoms with van der Waals surface area (Å²) >= 11 is 0. The molecule has 0 spiro atoms. The first-order chi connectivity index (χ1) is 10.2. The van der Waals surface area contributed by atoms with Gasteiger partial charge >= 0.3 is 0 Å². The number of halogens is 1. The summed E-state index contributed by atoms with van der Waals surface area (Å²) < 4.78 is 18.2. The topological polar surface area (TPSA) is 28.3 Å². The van der Waals surface area contributed by atoms with Gasteiger partial charge in [-0.1, -0.05) is 13.0 Å². The first kappa shape index (κ1) is 15.6. The number of methoxy groups -OCH3 is 1. The van der Waals surface area contributed by atoms with Crippen molar-refractivity contribution in [3.8, 4) is 5.75 Å². The Balaban J connectivity index is 2.29. The lowest BCUT2D eigenvalue weighted by Crippen LogP contribution is -2.25. The Morgan fingerprint density at radius 3 is 2.86 bits per heavy atom. The molecule has 0 amide bonds. The Bertz CT molecular complexity index is 606. The Morgan fingerprint density at radius 1 is 1.43 bits per heavy atom. The van der Waals surface area contributed by atoms with Crippen LogP contribution in [0.15, 0.2) is 30.9 Å². The van der Waals surface area contributed by atoms with Crippen LogP contribution < -0.4 is 4.74 Å². The fourth-order valence-electron chi connectivity index (χ4n) is 2.65. The first-order valence-electron chi connectivity index (χ1n) is 7.30. The Kier molecular flexibility index (Phi) is 5.39. The zero-order valence-corrected chi connectivity index (χ0v) is 12.8. The van der Waals surface area contributed by atoms with Crippen molar-refractivity contribution in [1.82, 2.24) is 9.88 Å². The fraction of sp³-hybridized carbons (Fsp3) is 0.412. The smallest absolute Gasteiger partial charge is 0.143 e. The maximum Gasteiger partial charge on any atom is 0.143 e. The zero-order chi connectivity index (χ0) is 15.2. The van der Waals surface area contributed by atoms with E-state index < -0.39 is 6.80 Å². The molecular formula is C17H23FN2O. The molecule has 0 saturated heterocycles. The average molecular weight is 290 g/mol. The quantitative estimate of drug-likeness (QED) is 0.593. The van der Waals surface area contributed by atoms with E-state index in [9.17, 15) is 4.39 Å². The number of aromatic amines is 1. The van der Waals surface area contributed by atoms with E-state index in [0.717, 1.165) is 24.1 Å². The normalized spacial score (nSPS) is 11.2. The number of ether oxygens (including phenoxy) is 1. The molecule has 0 radical (unpaired) electrons. The van der Waals surface area contributed by atoms with Crippen molar-refractivity contribution >= 4 is 10.9 Å². The molecule has 0 aliphatic heterocycles. The van der Waals surface area contributed by atoms with E-state index in [-0.39, 0.29) is 0 Å². The van der Waals surface area contributed by atoms with E-state index in [0.29, 0.717) is 13.1 Å². The second kappa shape index (κ2) is 7.27. The maximum atomic E-state index is 12.9. The highest BCUT2D eigenvalue weighted by Gasteiger charge is 2.12. The number of H-pyrrole nitrogens is 1. The maximum absolute atomic E-state index is 12.9. The van der Waals surface area contributed by atoms with Crippen LogP contribution in [0.5, 0.6) is 5.75 Å². The van der Waals surface area contributed by atoms with Gasteiger partial charge in [0.05, 0.1) is 7.11 Å². The summed E-state index contributed by atoms with van der Waals surface area (Å²) in [6, 6.07) is 6.04. The Hall–Kier alpha value is -1.81. The van der Waals surface area contributed by atoms with Crippen LogP contribution in [0.25, 0.3) is 10.9 Å². The Morgan fingerprint density at radius 2 is 2.24 bits per heavy atom.